The summed E-state index contributed by atoms with van der Waals surface area (Å²) in [4.78, 5) is 0. The molecule has 0 aliphatic rings. The van der Waals surface area contributed by atoms with Crippen molar-refractivity contribution in [3.8, 4) is 0 Å². The summed E-state index contributed by atoms with van der Waals surface area (Å²) >= 11 is 16.3. The summed E-state index contributed by atoms with van der Waals surface area (Å²) in [6.45, 7) is 1.12. The minimum Gasteiger partial charge on any atom is -0.385 e. The van der Waals surface area contributed by atoms with Crippen LogP contribution >= 0.6 is 34.8 Å². The first-order valence-electron chi connectivity index (χ1n) is 3.87. The number of hydrogen-bond donors (Lipinski definition) is 0. The van der Waals surface area contributed by atoms with Crippen LogP contribution in [0.2, 0.25) is 0 Å². The summed E-state index contributed by atoms with van der Waals surface area (Å²) in [7, 11) is -0.712. The Labute approximate surface area is 93.7 Å². The quantitative estimate of drug-likeness (QED) is 0.460. The fourth-order valence-corrected chi connectivity index (χ4v) is 0.834. The average molecular weight is 249 g/mol. The van der Waals surface area contributed by atoms with E-state index in [0.29, 0.717) is 37.5 Å². The molecule has 0 spiro atoms. The van der Waals surface area contributed by atoms with Crippen molar-refractivity contribution in [3.05, 3.63) is 0 Å². The molecule has 0 amide bonds. The van der Waals surface area contributed by atoms with Crippen LogP contribution < -0.4 is 0 Å². The Morgan fingerprint density at radius 2 is 1.00 bits per heavy atom. The lowest BCUT2D eigenvalue weighted by atomic mass is 10.2. The van der Waals surface area contributed by atoms with Crippen LogP contribution in [0.1, 0.15) is 0 Å². The molecule has 78 valence electrons. The first-order valence-corrected chi connectivity index (χ1v) is 5.48. The molecule has 3 nitrogen and oxygen atoms in total. The van der Waals surface area contributed by atoms with Crippen LogP contribution in [0.15, 0.2) is 0 Å². The summed E-state index contributed by atoms with van der Waals surface area (Å²) in [6.07, 6.45) is 0. The van der Waals surface area contributed by atoms with E-state index in [1.165, 1.54) is 0 Å². The van der Waals surface area contributed by atoms with Crippen molar-refractivity contribution < 1.29 is 14.0 Å². The van der Waals surface area contributed by atoms with Gasteiger partial charge in [-0.25, -0.2) is 0 Å². The number of rotatable bonds is 9. The molecule has 0 rings (SSSR count). The smallest absolute Gasteiger partial charge is 0.385 e. The standard InChI is InChI=1S/C6H12BCl3O3/c8-1-4-11-7(12-5-2-9)13-6-3-10/h1-6H2. The third kappa shape index (κ3) is 9.13. The van der Waals surface area contributed by atoms with Gasteiger partial charge in [0.25, 0.3) is 0 Å². The van der Waals surface area contributed by atoms with E-state index >= 15 is 0 Å². The molecule has 0 saturated heterocycles. The molecular weight excluding hydrogens is 237 g/mol. The fraction of sp³-hybridized carbons (Fsp3) is 1.00. The number of halogens is 3. The van der Waals surface area contributed by atoms with Crippen molar-refractivity contribution in [3.63, 3.8) is 0 Å². The zero-order valence-electron chi connectivity index (χ0n) is 7.18. The lowest BCUT2D eigenvalue weighted by molar-refractivity contribution is 0.109. The molecule has 13 heavy (non-hydrogen) atoms. The first-order chi connectivity index (χ1) is 6.35. The van der Waals surface area contributed by atoms with Crippen LogP contribution in [-0.4, -0.2) is 44.8 Å². The SMILES string of the molecule is ClCCOB(OCCCl)OCCCl. The van der Waals surface area contributed by atoms with Gasteiger partial charge in [-0.2, -0.15) is 0 Å². The molecule has 0 fully saturated rings. The fourth-order valence-electron chi connectivity index (χ4n) is 0.567. The van der Waals surface area contributed by atoms with Crippen LogP contribution in [0.5, 0.6) is 0 Å². The molecule has 0 aromatic carbocycles. The van der Waals surface area contributed by atoms with Crippen LogP contribution in [0.3, 0.4) is 0 Å². The van der Waals surface area contributed by atoms with Gasteiger partial charge in [0.2, 0.25) is 0 Å². The molecule has 0 aliphatic heterocycles. The van der Waals surface area contributed by atoms with Gasteiger partial charge in [-0.3, -0.25) is 0 Å². The summed E-state index contributed by atoms with van der Waals surface area (Å²) in [6, 6.07) is 0. The Hall–Kier alpha value is 0.815. The molecular formula is C6H12BCl3O3. The highest BCUT2D eigenvalue weighted by Crippen LogP contribution is 1.95. The lowest BCUT2D eigenvalue weighted by Gasteiger charge is -2.11. The second kappa shape index (κ2) is 10.9. The molecule has 0 bridgehead atoms. The van der Waals surface area contributed by atoms with E-state index in [4.69, 9.17) is 48.8 Å². The Morgan fingerprint density at radius 1 is 0.692 bits per heavy atom. The summed E-state index contributed by atoms with van der Waals surface area (Å²) in [5, 5.41) is 0. The monoisotopic (exact) mass is 248 g/mol. The van der Waals surface area contributed by atoms with Crippen molar-refractivity contribution in [1.29, 1.82) is 0 Å². The Bertz CT molecular complexity index is 90.1. The van der Waals surface area contributed by atoms with Gasteiger partial charge in [-0.05, 0) is 0 Å². The van der Waals surface area contributed by atoms with E-state index in [1.807, 2.05) is 0 Å². The topological polar surface area (TPSA) is 27.7 Å². The number of hydrogen-bond acceptors (Lipinski definition) is 3. The predicted octanol–water partition coefficient (Wildman–Crippen LogP) is 1.74. The van der Waals surface area contributed by atoms with Crippen LogP contribution in [0.25, 0.3) is 0 Å². The summed E-state index contributed by atoms with van der Waals surface area (Å²) < 4.78 is 15.3. The van der Waals surface area contributed by atoms with Crippen molar-refractivity contribution in [1.82, 2.24) is 0 Å². The minimum atomic E-state index is -0.712. The zero-order valence-corrected chi connectivity index (χ0v) is 9.45. The summed E-state index contributed by atoms with van der Waals surface area (Å²) in [5.41, 5.74) is 0. The second-order valence-electron chi connectivity index (χ2n) is 1.97. The Kier molecular flexibility index (Phi) is 11.6. The van der Waals surface area contributed by atoms with E-state index in [2.05, 4.69) is 0 Å². The van der Waals surface area contributed by atoms with Gasteiger partial charge < -0.3 is 14.0 Å². The van der Waals surface area contributed by atoms with E-state index < -0.39 is 7.32 Å². The second-order valence-corrected chi connectivity index (χ2v) is 3.10. The largest absolute Gasteiger partial charge is 0.639 e. The van der Waals surface area contributed by atoms with Crippen molar-refractivity contribution in [2.24, 2.45) is 0 Å². The highest BCUT2D eigenvalue weighted by molar-refractivity contribution is 6.36. The first kappa shape index (κ1) is 13.8. The molecule has 0 aliphatic carbocycles. The van der Waals surface area contributed by atoms with Gasteiger partial charge in [0.05, 0.1) is 0 Å². The van der Waals surface area contributed by atoms with Gasteiger partial charge >= 0.3 is 7.32 Å². The van der Waals surface area contributed by atoms with E-state index in [1.54, 1.807) is 0 Å². The normalized spacial score (nSPS) is 10.4. The highest BCUT2D eigenvalue weighted by atomic mass is 35.5. The van der Waals surface area contributed by atoms with Crippen LogP contribution in [0, 0.1) is 0 Å². The molecule has 0 heterocycles. The van der Waals surface area contributed by atoms with E-state index in [9.17, 15) is 0 Å². The Morgan fingerprint density at radius 3 is 1.23 bits per heavy atom. The molecule has 0 radical (unpaired) electrons. The van der Waals surface area contributed by atoms with Gasteiger partial charge in [-0.1, -0.05) is 0 Å². The molecule has 0 N–H and O–H groups in total. The molecule has 0 atom stereocenters. The maximum atomic E-state index is 5.43. The van der Waals surface area contributed by atoms with Gasteiger partial charge in [0.1, 0.15) is 0 Å². The lowest BCUT2D eigenvalue weighted by Crippen LogP contribution is -2.29. The van der Waals surface area contributed by atoms with Gasteiger partial charge in [-0.15, -0.1) is 34.8 Å². The summed E-state index contributed by atoms with van der Waals surface area (Å²) in [5.74, 6) is 1.18. The molecule has 0 aromatic rings. The van der Waals surface area contributed by atoms with Crippen LogP contribution in [-0.2, 0) is 14.0 Å². The van der Waals surface area contributed by atoms with E-state index in [-0.39, 0.29) is 0 Å². The maximum absolute atomic E-state index is 5.43. The maximum Gasteiger partial charge on any atom is 0.639 e. The third-order valence-corrected chi connectivity index (χ3v) is 1.46. The molecule has 0 saturated carbocycles. The van der Waals surface area contributed by atoms with E-state index in [0.717, 1.165) is 0 Å². The highest BCUT2D eigenvalue weighted by Gasteiger charge is 2.20. The molecule has 7 heteroatoms. The number of alkyl halides is 3. The predicted molar refractivity (Wildman–Crippen MR) is 55.8 cm³/mol. The molecule has 0 unspecified atom stereocenters. The van der Waals surface area contributed by atoms with Crippen molar-refractivity contribution >= 4 is 42.1 Å². The van der Waals surface area contributed by atoms with Crippen LogP contribution in [0.4, 0.5) is 0 Å². The Balaban J connectivity index is 3.47. The third-order valence-electron chi connectivity index (χ3n) is 0.993. The minimum absolute atomic E-state index is 0.372. The molecule has 0 aromatic heterocycles. The van der Waals surface area contributed by atoms with Gasteiger partial charge in [0, 0.05) is 37.5 Å². The van der Waals surface area contributed by atoms with Gasteiger partial charge in [0.15, 0.2) is 0 Å². The van der Waals surface area contributed by atoms with Crippen molar-refractivity contribution in [2.75, 3.05) is 37.5 Å². The average Bonchev–Trinajstić information content (AvgIpc) is 2.17. The van der Waals surface area contributed by atoms with Crippen molar-refractivity contribution in [2.45, 2.75) is 0 Å². The zero-order chi connectivity index (χ0) is 9.94.